The van der Waals surface area contributed by atoms with E-state index in [-0.39, 0.29) is 18.8 Å². The number of fused-ring (bicyclic) bond motifs is 1. The van der Waals surface area contributed by atoms with Gasteiger partial charge in [0.05, 0.1) is 19.4 Å². The summed E-state index contributed by atoms with van der Waals surface area (Å²) >= 11 is 0. The van der Waals surface area contributed by atoms with E-state index in [4.69, 9.17) is 13.9 Å². The first kappa shape index (κ1) is 28.6. The largest absolute Gasteiger partial charge is 0.493 e. The monoisotopic (exact) mass is 508 g/mol. The standard InChI is InChI=1S/C21H23F2N2O3P.C3H6O.C2H6/c1-12(2)11-27-19-8-17-15(10-24-19)25-20(28-17)13-3-4-16(18(29)7-13)26-6-5-14-9-21(14,22)23;1-3(2)4;1-2/h3-4,7-8,10,12,14H,5-6,9,11,29H2,1-2H3;1-2H3;1-2H3. The second kappa shape index (κ2) is 12.9. The van der Waals surface area contributed by atoms with Crippen LogP contribution in [-0.2, 0) is 4.79 Å². The van der Waals surface area contributed by atoms with Crippen molar-refractivity contribution in [2.45, 2.75) is 60.3 Å². The highest BCUT2D eigenvalue weighted by molar-refractivity contribution is 7.27. The average molecular weight is 509 g/mol. The minimum Gasteiger partial charge on any atom is -0.493 e. The van der Waals surface area contributed by atoms with E-state index in [1.165, 1.54) is 13.8 Å². The summed E-state index contributed by atoms with van der Waals surface area (Å²) in [5.41, 5.74) is 2.04. The van der Waals surface area contributed by atoms with Crippen LogP contribution in [0.5, 0.6) is 11.6 Å². The maximum atomic E-state index is 12.9. The predicted molar refractivity (Wildman–Crippen MR) is 138 cm³/mol. The molecule has 0 bridgehead atoms. The summed E-state index contributed by atoms with van der Waals surface area (Å²) in [5.74, 6) is -0.859. The number of carbonyl (C=O) groups is 1. The molecular formula is C26H35F2N2O4P. The maximum Gasteiger partial charge on any atom is 0.251 e. The lowest BCUT2D eigenvalue weighted by atomic mass is 10.2. The fourth-order valence-electron chi connectivity index (χ4n) is 2.98. The molecule has 2 atom stereocenters. The van der Waals surface area contributed by atoms with Gasteiger partial charge < -0.3 is 18.7 Å². The third kappa shape index (κ3) is 8.84. The van der Waals surface area contributed by atoms with Crippen molar-refractivity contribution in [3.05, 3.63) is 30.5 Å². The molecule has 0 amide bonds. The Balaban J connectivity index is 0.000000655. The molecule has 192 valence electrons. The molecule has 1 fully saturated rings. The molecule has 9 heteroatoms. The van der Waals surface area contributed by atoms with Crippen LogP contribution in [0, 0.1) is 11.8 Å². The van der Waals surface area contributed by atoms with Gasteiger partial charge in [0.1, 0.15) is 17.0 Å². The van der Waals surface area contributed by atoms with Crippen LogP contribution in [0.2, 0.25) is 0 Å². The van der Waals surface area contributed by atoms with Crippen molar-refractivity contribution in [2.24, 2.45) is 11.8 Å². The molecule has 2 unspecified atom stereocenters. The van der Waals surface area contributed by atoms with Crippen LogP contribution in [-0.4, -0.2) is 34.9 Å². The van der Waals surface area contributed by atoms with Crippen molar-refractivity contribution in [1.29, 1.82) is 0 Å². The molecule has 1 aliphatic rings. The zero-order valence-electron chi connectivity index (χ0n) is 21.2. The van der Waals surface area contributed by atoms with Gasteiger partial charge in [0.25, 0.3) is 5.92 Å². The fourth-order valence-corrected chi connectivity index (χ4v) is 3.33. The Bertz CT molecular complexity index is 1110. The number of rotatable bonds is 8. The van der Waals surface area contributed by atoms with Crippen molar-refractivity contribution < 1.29 is 27.5 Å². The van der Waals surface area contributed by atoms with E-state index < -0.39 is 11.8 Å². The number of nitrogens with zero attached hydrogens (tertiary/aromatic N) is 2. The second-order valence-electron chi connectivity index (χ2n) is 8.67. The molecule has 0 aliphatic heterocycles. The van der Waals surface area contributed by atoms with Gasteiger partial charge in [-0.1, -0.05) is 27.7 Å². The topological polar surface area (TPSA) is 74.5 Å². The van der Waals surface area contributed by atoms with Gasteiger partial charge >= 0.3 is 0 Å². The van der Waals surface area contributed by atoms with Gasteiger partial charge in [0, 0.05) is 29.3 Å². The molecule has 1 aromatic carbocycles. The molecular weight excluding hydrogens is 473 g/mol. The number of halogens is 2. The minimum absolute atomic E-state index is 0.0279. The molecule has 0 saturated heterocycles. The Hall–Kier alpha value is -2.60. The van der Waals surface area contributed by atoms with Gasteiger partial charge in [-0.2, -0.15) is 0 Å². The SMILES string of the molecule is CC.CC(C)=O.CC(C)COc1cc2oc(-c3ccc(OCCC4CC4(F)F)c(P)c3)nc2cn1. The first-order valence-corrected chi connectivity index (χ1v) is 12.4. The van der Waals surface area contributed by atoms with Gasteiger partial charge in [-0.25, -0.2) is 18.7 Å². The molecule has 0 N–H and O–H groups in total. The van der Waals surface area contributed by atoms with Crippen LogP contribution in [0.25, 0.3) is 22.6 Å². The molecule has 2 heterocycles. The summed E-state index contributed by atoms with van der Waals surface area (Å²) in [6.07, 6.45) is 1.96. The first-order valence-electron chi connectivity index (χ1n) is 11.8. The highest BCUT2D eigenvalue weighted by Crippen LogP contribution is 2.50. The van der Waals surface area contributed by atoms with Crippen molar-refractivity contribution in [3.63, 3.8) is 0 Å². The number of alkyl halides is 2. The Kier molecular flexibility index (Phi) is 10.6. The molecule has 6 nitrogen and oxygen atoms in total. The van der Waals surface area contributed by atoms with E-state index in [9.17, 15) is 13.6 Å². The number of ether oxygens (including phenoxy) is 2. The van der Waals surface area contributed by atoms with E-state index in [0.29, 0.717) is 47.6 Å². The number of ketones is 1. The Morgan fingerprint density at radius 2 is 1.89 bits per heavy atom. The predicted octanol–water partition coefficient (Wildman–Crippen LogP) is 6.47. The van der Waals surface area contributed by atoms with Crippen LogP contribution >= 0.6 is 9.24 Å². The fraction of sp³-hybridized carbons (Fsp3) is 0.500. The third-order valence-corrected chi connectivity index (χ3v) is 5.20. The summed E-state index contributed by atoms with van der Waals surface area (Å²) in [4.78, 5) is 18.2. The van der Waals surface area contributed by atoms with Crippen LogP contribution in [0.15, 0.2) is 34.9 Å². The molecule has 4 rings (SSSR count). The van der Waals surface area contributed by atoms with Gasteiger partial charge in [0.2, 0.25) is 11.8 Å². The Morgan fingerprint density at radius 1 is 1.23 bits per heavy atom. The van der Waals surface area contributed by atoms with Crippen LogP contribution < -0.4 is 14.8 Å². The smallest absolute Gasteiger partial charge is 0.251 e. The average Bonchev–Trinajstić information content (AvgIpc) is 3.20. The number of oxazole rings is 1. The van der Waals surface area contributed by atoms with Crippen LogP contribution in [0.1, 0.15) is 54.4 Å². The third-order valence-electron chi connectivity index (χ3n) is 4.75. The summed E-state index contributed by atoms with van der Waals surface area (Å²) < 4.78 is 43.1. The van der Waals surface area contributed by atoms with E-state index in [1.54, 1.807) is 18.3 Å². The van der Waals surface area contributed by atoms with Gasteiger partial charge in [0.15, 0.2) is 5.58 Å². The van der Waals surface area contributed by atoms with Gasteiger partial charge in [-0.3, -0.25) is 0 Å². The van der Waals surface area contributed by atoms with Gasteiger partial charge in [-0.15, -0.1) is 9.24 Å². The lowest BCUT2D eigenvalue weighted by molar-refractivity contribution is -0.115. The molecule has 1 saturated carbocycles. The van der Waals surface area contributed by atoms with Gasteiger partial charge in [-0.05, 0) is 44.4 Å². The lowest BCUT2D eigenvalue weighted by Gasteiger charge is -2.09. The Morgan fingerprint density at radius 3 is 2.46 bits per heavy atom. The first-order chi connectivity index (χ1) is 16.5. The number of carbonyl (C=O) groups excluding carboxylic acids is 1. The second-order valence-corrected chi connectivity index (χ2v) is 9.30. The zero-order chi connectivity index (χ0) is 26.2. The van der Waals surface area contributed by atoms with E-state index in [1.807, 2.05) is 26.0 Å². The van der Waals surface area contributed by atoms with Crippen LogP contribution in [0.4, 0.5) is 8.78 Å². The van der Waals surface area contributed by atoms with Crippen molar-refractivity contribution in [2.75, 3.05) is 13.2 Å². The normalized spacial score (nSPS) is 15.5. The molecule has 3 aromatic rings. The molecule has 2 aromatic heterocycles. The summed E-state index contributed by atoms with van der Waals surface area (Å²) in [6, 6.07) is 7.25. The highest BCUT2D eigenvalue weighted by atomic mass is 31.0. The number of Topliss-reactive ketones (excluding diaryl/α,β-unsaturated/α-hetero) is 1. The van der Waals surface area contributed by atoms with Crippen molar-refractivity contribution in [3.8, 4) is 23.1 Å². The highest BCUT2D eigenvalue weighted by Gasteiger charge is 2.56. The number of pyridine rings is 1. The molecule has 0 spiro atoms. The zero-order valence-corrected chi connectivity index (χ0v) is 22.4. The Labute approximate surface area is 208 Å². The molecule has 35 heavy (non-hydrogen) atoms. The molecule has 0 radical (unpaired) electrons. The summed E-state index contributed by atoms with van der Waals surface area (Å²) in [5, 5.41) is 0.811. The number of benzene rings is 1. The summed E-state index contributed by atoms with van der Waals surface area (Å²) in [6.45, 7) is 12.0. The maximum absolute atomic E-state index is 12.9. The van der Waals surface area contributed by atoms with E-state index in [0.717, 1.165) is 10.9 Å². The van der Waals surface area contributed by atoms with Crippen LogP contribution in [0.3, 0.4) is 0 Å². The van der Waals surface area contributed by atoms with Crippen molar-refractivity contribution in [1.82, 2.24) is 9.97 Å². The van der Waals surface area contributed by atoms with E-state index >= 15 is 0 Å². The lowest BCUT2D eigenvalue weighted by Crippen LogP contribution is -2.07. The minimum atomic E-state index is -2.50. The quantitative estimate of drug-likeness (QED) is 0.325. The summed E-state index contributed by atoms with van der Waals surface area (Å²) in [7, 11) is 2.60. The molecule has 1 aliphatic carbocycles. The van der Waals surface area contributed by atoms with Crippen molar-refractivity contribution >= 4 is 31.4 Å². The number of hydrogen-bond acceptors (Lipinski definition) is 6. The number of hydrogen-bond donors (Lipinski definition) is 0. The number of aromatic nitrogens is 2. The van der Waals surface area contributed by atoms with E-state index in [2.05, 4.69) is 33.1 Å².